The molecule has 0 saturated carbocycles. The van der Waals surface area contributed by atoms with Gasteiger partial charge in [0.25, 0.3) is 5.91 Å². The minimum atomic E-state index is -0.626. The van der Waals surface area contributed by atoms with Crippen molar-refractivity contribution in [1.29, 1.82) is 0 Å². The van der Waals surface area contributed by atoms with Crippen molar-refractivity contribution in [3.63, 3.8) is 0 Å². The first-order chi connectivity index (χ1) is 17.1. The van der Waals surface area contributed by atoms with E-state index < -0.39 is 6.04 Å². The number of amides is 1. The van der Waals surface area contributed by atoms with Crippen molar-refractivity contribution in [3.8, 4) is 11.5 Å². The number of hydrogen-bond acceptors (Lipinski definition) is 5. The molecule has 1 amide bonds. The van der Waals surface area contributed by atoms with Gasteiger partial charge in [-0.25, -0.2) is 0 Å². The molecule has 0 radical (unpaired) electrons. The highest BCUT2D eigenvalue weighted by Crippen LogP contribution is 2.41. The fraction of sp³-hybridized carbons (Fsp3) is 0.172. The minimum absolute atomic E-state index is 0.0721. The van der Waals surface area contributed by atoms with Gasteiger partial charge in [0.15, 0.2) is 16.9 Å². The maximum absolute atomic E-state index is 13.5. The van der Waals surface area contributed by atoms with Crippen molar-refractivity contribution < 1.29 is 18.7 Å². The molecule has 176 valence electrons. The predicted octanol–water partition coefficient (Wildman–Crippen LogP) is 5.50. The van der Waals surface area contributed by atoms with Crippen LogP contribution in [0.5, 0.6) is 11.5 Å². The van der Waals surface area contributed by atoms with E-state index in [0.29, 0.717) is 41.2 Å². The molecule has 2 heterocycles. The summed E-state index contributed by atoms with van der Waals surface area (Å²) in [4.78, 5) is 28.4. The van der Waals surface area contributed by atoms with Gasteiger partial charge in [-0.3, -0.25) is 9.59 Å². The Bertz CT molecular complexity index is 1460. The second-order valence-electron chi connectivity index (χ2n) is 8.23. The van der Waals surface area contributed by atoms with E-state index >= 15 is 0 Å². The number of hydrogen-bond donors (Lipinski definition) is 0. The van der Waals surface area contributed by atoms with Gasteiger partial charge in [0.2, 0.25) is 5.76 Å². The number of para-hydroxylation sites is 1. The average molecular weight is 468 g/mol. The van der Waals surface area contributed by atoms with Gasteiger partial charge in [0, 0.05) is 6.54 Å². The second kappa shape index (κ2) is 9.50. The summed E-state index contributed by atoms with van der Waals surface area (Å²) in [7, 11) is 0. The molecule has 0 spiro atoms. The number of nitrogens with zero attached hydrogens (tertiary/aromatic N) is 1. The largest absolute Gasteiger partial charge is 0.490 e. The van der Waals surface area contributed by atoms with Crippen LogP contribution < -0.4 is 14.9 Å². The Morgan fingerprint density at radius 3 is 2.51 bits per heavy atom. The van der Waals surface area contributed by atoms with Gasteiger partial charge in [-0.15, -0.1) is 6.58 Å². The molecule has 3 aromatic carbocycles. The van der Waals surface area contributed by atoms with Crippen LogP contribution in [0.2, 0.25) is 0 Å². The zero-order valence-electron chi connectivity index (χ0n) is 19.4. The lowest BCUT2D eigenvalue weighted by Gasteiger charge is -2.24. The van der Waals surface area contributed by atoms with Crippen LogP contribution in [-0.4, -0.2) is 24.0 Å². The normalized spacial score (nSPS) is 14.7. The van der Waals surface area contributed by atoms with Crippen LogP contribution in [0.15, 0.2) is 94.7 Å². The predicted molar refractivity (Wildman–Crippen MR) is 134 cm³/mol. The Morgan fingerprint density at radius 1 is 0.971 bits per heavy atom. The van der Waals surface area contributed by atoms with Gasteiger partial charge in [0.1, 0.15) is 12.2 Å². The topological polar surface area (TPSA) is 69.0 Å². The Balaban J connectivity index is 1.59. The number of rotatable bonds is 8. The summed E-state index contributed by atoms with van der Waals surface area (Å²) in [6.07, 6.45) is 1.64. The third-order valence-electron chi connectivity index (χ3n) is 6.02. The molecule has 1 aromatic heterocycles. The average Bonchev–Trinajstić information content (AvgIpc) is 3.16. The molecule has 0 saturated heterocycles. The molecule has 5 rings (SSSR count). The first kappa shape index (κ1) is 22.5. The minimum Gasteiger partial charge on any atom is -0.490 e. The SMILES string of the molecule is C=CCN1C(=O)c2oc3ccccc3c(=O)c2C1c1ccc(OCc2ccccc2)c(OCC)c1. The van der Waals surface area contributed by atoms with E-state index in [2.05, 4.69) is 6.58 Å². The fourth-order valence-corrected chi connectivity index (χ4v) is 4.46. The van der Waals surface area contributed by atoms with Crippen LogP contribution in [0.25, 0.3) is 11.0 Å². The molecular weight excluding hydrogens is 442 g/mol. The zero-order valence-corrected chi connectivity index (χ0v) is 19.4. The summed E-state index contributed by atoms with van der Waals surface area (Å²) in [5.74, 6) is 0.869. The van der Waals surface area contributed by atoms with Crippen LogP contribution in [0.4, 0.5) is 0 Å². The number of benzene rings is 3. The first-order valence-electron chi connectivity index (χ1n) is 11.5. The summed E-state index contributed by atoms with van der Waals surface area (Å²) < 4.78 is 17.9. The van der Waals surface area contributed by atoms with E-state index in [9.17, 15) is 9.59 Å². The molecule has 1 aliphatic rings. The third kappa shape index (κ3) is 4.08. The molecule has 1 unspecified atom stereocenters. The second-order valence-corrected chi connectivity index (χ2v) is 8.23. The van der Waals surface area contributed by atoms with E-state index in [1.54, 1.807) is 35.2 Å². The van der Waals surface area contributed by atoms with Crippen molar-refractivity contribution in [2.75, 3.05) is 13.2 Å². The highest BCUT2D eigenvalue weighted by molar-refractivity contribution is 5.99. The molecule has 1 aliphatic heterocycles. The highest BCUT2D eigenvalue weighted by atomic mass is 16.5. The lowest BCUT2D eigenvalue weighted by atomic mass is 9.98. The van der Waals surface area contributed by atoms with Crippen molar-refractivity contribution in [2.24, 2.45) is 0 Å². The van der Waals surface area contributed by atoms with Crippen LogP contribution in [0, 0.1) is 0 Å². The number of ether oxygens (including phenoxy) is 2. The van der Waals surface area contributed by atoms with Gasteiger partial charge in [-0.05, 0) is 42.3 Å². The third-order valence-corrected chi connectivity index (χ3v) is 6.02. The molecule has 0 aliphatic carbocycles. The maximum Gasteiger partial charge on any atom is 0.291 e. The molecule has 0 bridgehead atoms. The molecule has 0 N–H and O–H groups in total. The smallest absolute Gasteiger partial charge is 0.291 e. The van der Waals surface area contributed by atoms with Crippen molar-refractivity contribution in [2.45, 2.75) is 19.6 Å². The standard InChI is InChI=1S/C29H25NO5/c1-3-16-30-26(25-27(31)21-12-8-9-13-22(21)35-28(25)29(30)32)20-14-15-23(24(17-20)33-4-2)34-18-19-10-6-5-7-11-19/h3,5-15,17,26H,1,4,16,18H2,2H3. The molecule has 35 heavy (non-hydrogen) atoms. The number of carbonyl (C=O) groups is 1. The van der Waals surface area contributed by atoms with Gasteiger partial charge in [0.05, 0.1) is 23.6 Å². The van der Waals surface area contributed by atoms with Crippen LogP contribution in [0.3, 0.4) is 0 Å². The molecule has 0 fully saturated rings. The Kier molecular flexibility index (Phi) is 6.10. The van der Waals surface area contributed by atoms with Crippen molar-refractivity contribution >= 4 is 16.9 Å². The molecule has 6 nitrogen and oxygen atoms in total. The van der Waals surface area contributed by atoms with E-state index in [-0.39, 0.29) is 23.6 Å². The number of carbonyl (C=O) groups excluding carboxylic acids is 1. The Hall–Kier alpha value is -4.32. The highest BCUT2D eigenvalue weighted by Gasteiger charge is 2.42. The zero-order chi connectivity index (χ0) is 24.4. The van der Waals surface area contributed by atoms with Crippen molar-refractivity contribution in [1.82, 2.24) is 4.90 Å². The fourth-order valence-electron chi connectivity index (χ4n) is 4.46. The molecule has 1 atom stereocenters. The van der Waals surface area contributed by atoms with Crippen LogP contribution in [0.1, 0.15) is 40.2 Å². The van der Waals surface area contributed by atoms with E-state index in [0.717, 1.165) is 11.1 Å². The monoisotopic (exact) mass is 467 g/mol. The molecule has 6 heteroatoms. The van der Waals surface area contributed by atoms with Crippen molar-refractivity contribution in [3.05, 3.63) is 118 Å². The quantitative estimate of drug-likeness (QED) is 0.320. The van der Waals surface area contributed by atoms with Gasteiger partial charge >= 0.3 is 0 Å². The Morgan fingerprint density at radius 2 is 1.74 bits per heavy atom. The van der Waals surface area contributed by atoms with Gasteiger partial charge in [-0.2, -0.15) is 0 Å². The van der Waals surface area contributed by atoms with Gasteiger partial charge in [-0.1, -0.05) is 54.6 Å². The summed E-state index contributed by atoms with van der Waals surface area (Å²) in [5, 5.41) is 0.442. The number of fused-ring (bicyclic) bond motifs is 2. The van der Waals surface area contributed by atoms with E-state index in [1.165, 1.54) is 0 Å². The van der Waals surface area contributed by atoms with Crippen LogP contribution in [-0.2, 0) is 6.61 Å². The van der Waals surface area contributed by atoms with E-state index in [4.69, 9.17) is 13.9 Å². The summed E-state index contributed by atoms with van der Waals surface area (Å²) in [6, 6.07) is 21.7. The molecule has 4 aromatic rings. The summed E-state index contributed by atoms with van der Waals surface area (Å²) >= 11 is 0. The maximum atomic E-state index is 13.5. The summed E-state index contributed by atoms with van der Waals surface area (Å²) in [6.45, 7) is 6.78. The molecular formula is C29H25NO5. The lowest BCUT2D eigenvalue weighted by molar-refractivity contribution is 0.0748. The van der Waals surface area contributed by atoms with Gasteiger partial charge < -0.3 is 18.8 Å². The Labute approximate surface area is 203 Å². The first-order valence-corrected chi connectivity index (χ1v) is 11.5. The van der Waals surface area contributed by atoms with E-state index in [1.807, 2.05) is 55.5 Å². The lowest BCUT2D eigenvalue weighted by Crippen LogP contribution is -2.29. The van der Waals surface area contributed by atoms with Crippen LogP contribution >= 0.6 is 0 Å². The summed E-state index contributed by atoms with van der Waals surface area (Å²) in [5.41, 5.74) is 2.28.